The van der Waals surface area contributed by atoms with Gasteiger partial charge in [-0.05, 0) is 31.0 Å². The number of hydrogen-bond donors (Lipinski definition) is 2. The largest absolute Gasteiger partial charge is 0.476 e. The Labute approximate surface area is 137 Å². The van der Waals surface area contributed by atoms with E-state index in [1.807, 2.05) is 54.6 Å². The van der Waals surface area contributed by atoms with Crippen molar-refractivity contribution in [1.82, 2.24) is 5.32 Å². The van der Waals surface area contributed by atoms with E-state index in [4.69, 9.17) is 10.5 Å². The summed E-state index contributed by atoms with van der Waals surface area (Å²) >= 11 is 0. The maximum Gasteiger partial charge on any atom is 0.265 e. The second-order valence-electron chi connectivity index (χ2n) is 5.30. The van der Waals surface area contributed by atoms with Crippen molar-refractivity contribution in [3.05, 3.63) is 65.7 Å². The number of hydrogen-bond acceptors (Lipinski definition) is 3. The van der Waals surface area contributed by atoms with Crippen LogP contribution in [0.5, 0.6) is 5.75 Å². The van der Waals surface area contributed by atoms with Crippen molar-refractivity contribution in [2.24, 2.45) is 5.73 Å². The number of nitrogens with two attached hydrogens (primary N) is 1. The number of aryl methyl sites for hydroxylation is 1. The molecule has 0 aliphatic carbocycles. The Morgan fingerprint density at radius 1 is 1.13 bits per heavy atom. The van der Waals surface area contributed by atoms with Crippen molar-refractivity contribution in [1.29, 1.82) is 0 Å². The molecule has 0 bridgehead atoms. The number of para-hydroxylation sites is 1. The van der Waals surface area contributed by atoms with E-state index in [0.717, 1.165) is 29.7 Å². The Morgan fingerprint density at radius 3 is 2.52 bits per heavy atom. The molecule has 4 nitrogen and oxygen atoms in total. The standard InChI is InChI=1S/C19H24N2O2/c1-2-15-9-6-7-12-17(15)23-18(16-10-4-3-5-11-16)19(22)21-14-8-13-20/h3-7,9-12,18H,2,8,13-14,20H2,1H3,(H,21,22). The summed E-state index contributed by atoms with van der Waals surface area (Å²) in [5.74, 6) is 0.605. The number of rotatable bonds is 8. The van der Waals surface area contributed by atoms with Crippen LogP contribution in [-0.2, 0) is 11.2 Å². The first kappa shape index (κ1) is 17.0. The summed E-state index contributed by atoms with van der Waals surface area (Å²) in [5.41, 5.74) is 7.40. The first-order chi connectivity index (χ1) is 11.3. The SMILES string of the molecule is CCc1ccccc1OC(C(=O)NCCCN)c1ccccc1. The minimum atomic E-state index is -0.665. The van der Waals surface area contributed by atoms with Crippen LogP contribution in [0.3, 0.4) is 0 Å². The zero-order chi connectivity index (χ0) is 16.5. The molecule has 2 aromatic rings. The van der Waals surface area contributed by atoms with Gasteiger partial charge in [0.05, 0.1) is 0 Å². The van der Waals surface area contributed by atoms with Gasteiger partial charge in [-0.15, -0.1) is 0 Å². The number of carbonyl (C=O) groups excluding carboxylic acids is 1. The zero-order valence-corrected chi connectivity index (χ0v) is 13.5. The second-order valence-corrected chi connectivity index (χ2v) is 5.30. The highest BCUT2D eigenvalue weighted by atomic mass is 16.5. The molecule has 1 atom stereocenters. The third kappa shape index (κ3) is 4.83. The van der Waals surface area contributed by atoms with E-state index in [9.17, 15) is 4.79 Å². The Morgan fingerprint density at radius 2 is 1.83 bits per heavy atom. The summed E-state index contributed by atoms with van der Waals surface area (Å²) in [4.78, 5) is 12.5. The van der Waals surface area contributed by atoms with Crippen LogP contribution in [0.2, 0.25) is 0 Å². The fourth-order valence-electron chi connectivity index (χ4n) is 2.34. The fourth-order valence-corrected chi connectivity index (χ4v) is 2.34. The van der Waals surface area contributed by atoms with Crippen molar-refractivity contribution in [2.75, 3.05) is 13.1 Å². The van der Waals surface area contributed by atoms with Gasteiger partial charge in [-0.2, -0.15) is 0 Å². The predicted octanol–water partition coefficient (Wildman–Crippen LogP) is 2.83. The van der Waals surface area contributed by atoms with E-state index >= 15 is 0 Å². The summed E-state index contributed by atoms with van der Waals surface area (Å²) in [5, 5.41) is 2.90. The molecule has 1 unspecified atom stereocenters. The average molecular weight is 312 g/mol. The van der Waals surface area contributed by atoms with E-state index in [1.165, 1.54) is 0 Å². The lowest BCUT2D eigenvalue weighted by atomic mass is 10.1. The van der Waals surface area contributed by atoms with Crippen molar-refractivity contribution in [3.63, 3.8) is 0 Å². The van der Waals surface area contributed by atoms with Crippen LogP contribution in [0.4, 0.5) is 0 Å². The molecule has 1 amide bonds. The van der Waals surface area contributed by atoms with Gasteiger partial charge in [0.2, 0.25) is 6.10 Å². The molecular weight excluding hydrogens is 288 g/mol. The molecule has 0 aliphatic rings. The monoisotopic (exact) mass is 312 g/mol. The minimum absolute atomic E-state index is 0.143. The van der Waals surface area contributed by atoms with Gasteiger partial charge in [0.1, 0.15) is 5.75 Å². The lowest BCUT2D eigenvalue weighted by Gasteiger charge is -2.20. The summed E-state index contributed by atoms with van der Waals surface area (Å²) < 4.78 is 6.07. The first-order valence-corrected chi connectivity index (χ1v) is 8.03. The topological polar surface area (TPSA) is 64.3 Å². The Balaban J connectivity index is 2.21. The number of benzene rings is 2. The lowest BCUT2D eigenvalue weighted by Crippen LogP contribution is -2.33. The van der Waals surface area contributed by atoms with Gasteiger partial charge in [-0.25, -0.2) is 0 Å². The molecule has 0 heterocycles. The molecule has 0 saturated heterocycles. The lowest BCUT2D eigenvalue weighted by molar-refractivity contribution is -0.128. The predicted molar refractivity (Wildman–Crippen MR) is 92.3 cm³/mol. The Hall–Kier alpha value is -2.33. The number of amides is 1. The molecule has 3 N–H and O–H groups in total. The molecule has 23 heavy (non-hydrogen) atoms. The maximum absolute atomic E-state index is 12.5. The molecule has 4 heteroatoms. The van der Waals surface area contributed by atoms with Crippen LogP contribution in [0.25, 0.3) is 0 Å². The van der Waals surface area contributed by atoms with Gasteiger partial charge in [-0.3, -0.25) is 4.79 Å². The van der Waals surface area contributed by atoms with Crippen molar-refractivity contribution >= 4 is 5.91 Å². The van der Waals surface area contributed by atoms with Crippen LogP contribution < -0.4 is 15.8 Å². The quantitative estimate of drug-likeness (QED) is 0.737. The molecule has 2 aromatic carbocycles. The van der Waals surface area contributed by atoms with Crippen LogP contribution >= 0.6 is 0 Å². The third-order valence-corrected chi connectivity index (χ3v) is 3.62. The van der Waals surface area contributed by atoms with Crippen LogP contribution in [0.1, 0.15) is 30.6 Å². The molecule has 122 valence electrons. The van der Waals surface area contributed by atoms with Gasteiger partial charge in [0, 0.05) is 12.1 Å². The van der Waals surface area contributed by atoms with E-state index in [0.29, 0.717) is 13.1 Å². The van der Waals surface area contributed by atoms with Crippen LogP contribution in [0, 0.1) is 0 Å². The Kier molecular flexibility index (Phi) is 6.63. The highest BCUT2D eigenvalue weighted by molar-refractivity contribution is 5.82. The highest BCUT2D eigenvalue weighted by Crippen LogP contribution is 2.26. The molecule has 0 fully saturated rings. The minimum Gasteiger partial charge on any atom is -0.476 e. The third-order valence-electron chi connectivity index (χ3n) is 3.62. The first-order valence-electron chi connectivity index (χ1n) is 8.03. The number of carbonyl (C=O) groups is 1. The molecule has 0 aromatic heterocycles. The zero-order valence-electron chi connectivity index (χ0n) is 13.5. The average Bonchev–Trinajstić information content (AvgIpc) is 2.60. The van der Waals surface area contributed by atoms with E-state index in [2.05, 4.69) is 12.2 Å². The molecule has 2 rings (SSSR count). The number of ether oxygens (including phenoxy) is 1. The highest BCUT2D eigenvalue weighted by Gasteiger charge is 2.23. The molecule has 0 saturated carbocycles. The second kappa shape index (κ2) is 8.96. The summed E-state index contributed by atoms with van der Waals surface area (Å²) in [6.07, 6.45) is 0.937. The molecule has 0 radical (unpaired) electrons. The van der Waals surface area contributed by atoms with Crippen LogP contribution in [-0.4, -0.2) is 19.0 Å². The van der Waals surface area contributed by atoms with Gasteiger partial charge in [0.15, 0.2) is 0 Å². The molecule has 0 aliphatic heterocycles. The van der Waals surface area contributed by atoms with E-state index < -0.39 is 6.10 Å². The fraction of sp³-hybridized carbons (Fsp3) is 0.316. The van der Waals surface area contributed by atoms with Crippen LogP contribution in [0.15, 0.2) is 54.6 Å². The Bertz CT molecular complexity index is 614. The van der Waals surface area contributed by atoms with Gasteiger partial charge in [0.25, 0.3) is 5.91 Å². The number of nitrogens with one attached hydrogen (secondary N) is 1. The van der Waals surface area contributed by atoms with Gasteiger partial charge < -0.3 is 15.8 Å². The van der Waals surface area contributed by atoms with E-state index in [1.54, 1.807) is 0 Å². The van der Waals surface area contributed by atoms with E-state index in [-0.39, 0.29) is 5.91 Å². The maximum atomic E-state index is 12.5. The smallest absolute Gasteiger partial charge is 0.265 e. The van der Waals surface area contributed by atoms with Gasteiger partial charge >= 0.3 is 0 Å². The summed E-state index contributed by atoms with van der Waals surface area (Å²) in [6.45, 7) is 3.17. The summed E-state index contributed by atoms with van der Waals surface area (Å²) in [6, 6.07) is 17.4. The molecule has 0 spiro atoms. The van der Waals surface area contributed by atoms with Crippen molar-refractivity contribution in [2.45, 2.75) is 25.9 Å². The van der Waals surface area contributed by atoms with Crippen molar-refractivity contribution in [3.8, 4) is 5.75 Å². The molecular formula is C19H24N2O2. The summed E-state index contributed by atoms with van der Waals surface area (Å²) in [7, 11) is 0. The normalized spacial score (nSPS) is 11.7. The van der Waals surface area contributed by atoms with Gasteiger partial charge in [-0.1, -0.05) is 55.5 Å². The van der Waals surface area contributed by atoms with Crippen molar-refractivity contribution < 1.29 is 9.53 Å².